The molecule has 66 valence electrons. The Hall–Kier alpha value is -0.210. The van der Waals surface area contributed by atoms with Crippen LogP contribution in [0.1, 0.15) is 16.7 Å². The molecule has 0 atom stereocenters. The van der Waals surface area contributed by atoms with E-state index in [2.05, 4.69) is 15.9 Å². The second-order valence-corrected chi connectivity index (χ2v) is 4.02. The minimum Gasteiger partial charge on any atom is -0.506 e. The van der Waals surface area contributed by atoms with Gasteiger partial charge in [0, 0.05) is 4.47 Å². The normalized spacial score (nSPS) is 10.4. The van der Waals surface area contributed by atoms with Crippen molar-refractivity contribution in [2.24, 2.45) is 0 Å². The van der Waals surface area contributed by atoms with Crippen LogP contribution in [-0.2, 0) is 0 Å². The molecule has 0 aliphatic heterocycles. The third kappa shape index (κ3) is 1.34. The predicted octanol–water partition coefficient (Wildman–Crippen LogP) is 3.73. The van der Waals surface area contributed by atoms with Crippen LogP contribution in [0.2, 0.25) is 5.02 Å². The molecule has 12 heavy (non-hydrogen) atoms. The van der Waals surface area contributed by atoms with E-state index in [-0.39, 0.29) is 5.75 Å². The van der Waals surface area contributed by atoms with Crippen molar-refractivity contribution in [2.75, 3.05) is 0 Å². The Morgan fingerprint density at radius 2 is 1.58 bits per heavy atom. The summed E-state index contributed by atoms with van der Waals surface area (Å²) >= 11 is 9.30. The lowest BCUT2D eigenvalue weighted by atomic mass is 10.1. The molecular formula is C9H10BrClO. The summed E-state index contributed by atoms with van der Waals surface area (Å²) in [5, 5.41) is 9.97. The molecule has 1 aromatic carbocycles. The first-order valence-electron chi connectivity index (χ1n) is 3.60. The van der Waals surface area contributed by atoms with Gasteiger partial charge < -0.3 is 5.11 Å². The van der Waals surface area contributed by atoms with Crippen molar-refractivity contribution >= 4 is 27.5 Å². The fraction of sp³-hybridized carbons (Fsp3) is 0.333. The number of phenolic OH excluding ortho intramolecular Hbond substituents is 1. The van der Waals surface area contributed by atoms with Gasteiger partial charge in [-0.15, -0.1) is 0 Å². The van der Waals surface area contributed by atoms with Crippen molar-refractivity contribution in [1.29, 1.82) is 0 Å². The fourth-order valence-electron chi connectivity index (χ4n) is 1.06. The number of aromatic hydroxyl groups is 1. The van der Waals surface area contributed by atoms with Crippen LogP contribution >= 0.6 is 27.5 Å². The Labute approximate surface area is 85.5 Å². The van der Waals surface area contributed by atoms with Crippen molar-refractivity contribution in [3.8, 4) is 5.75 Å². The van der Waals surface area contributed by atoms with E-state index in [0.717, 1.165) is 21.2 Å². The van der Waals surface area contributed by atoms with Gasteiger partial charge in [-0.1, -0.05) is 27.5 Å². The summed E-state index contributed by atoms with van der Waals surface area (Å²) in [6.07, 6.45) is 0. The van der Waals surface area contributed by atoms with Gasteiger partial charge in [0.25, 0.3) is 0 Å². The van der Waals surface area contributed by atoms with Crippen LogP contribution in [0.15, 0.2) is 4.47 Å². The van der Waals surface area contributed by atoms with Gasteiger partial charge in [0.15, 0.2) is 0 Å². The molecule has 3 heteroatoms. The van der Waals surface area contributed by atoms with Crippen LogP contribution in [0.4, 0.5) is 0 Å². The lowest BCUT2D eigenvalue weighted by Crippen LogP contribution is -1.89. The molecule has 1 nitrogen and oxygen atoms in total. The number of hydrogen-bond donors (Lipinski definition) is 1. The molecule has 1 N–H and O–H groups in total. The van der Waals surface area contributed by atoms with E-state index in [1.165, 1.54) is 0 Å². The van der Waals surface area contributed by atoms with E-state index in [1.54, 1.807) is 0 Å². The van der Waals surface area contributed by atoms with Crippen LogP contribution in [0.5, 0.6) is 5.75 Å². The molecule has 1 aromatic rings. The van der Waals surface area contributed by atoms with Crippen LogP contribution < -0.4 is 0 Å². The number of benzene rings is 1. The minimum atomic E-state index is 0.190. The number of hydrogen-bond acceptors (Lipinski definition) is 1. The molecule has 0 unspecified atom stereocenters. The van der Waals surface area contributed by atoms with E-state index in [4.69, 9.17) is 11.6 Å². The van der Waals surface area contributed by atoms with Gasteiger partial charge in [-0.05, 0) is 37.5 Å². The molecule has 0 aliphatic carbocycles. The van der Waals surface area contributed by atoms with Crippen LogP contribution in [0, 0.1) is 20.8 Å². The first-order valence-corrected chi connectivity index (χ1v) is 4.77. The van der Waals surface area contributed by atoms with E-state index in [1.807, 2.05) is 20.8 Å². The van der Waals surface area contributed by atoms with Gasteiger partial charge in [0.2, 0.25) is 0 Å². The topological polar surface area (TPSA) is 20.2 Å². The predicted molar refractivity (Wildman–Crippen MR) is 55.0 cm³/mol. The summed E-state index contributed by atoms with van der Waals surface area (Å²) in [6, 6.07) is 0. The monoisotopic (exact) mass is 248 g/mol. The van der Waals surface area contributed by atoms with Crippen LogP contribution in [0.25, 0.3) is 0 Å². The zero-order valence-corrected chi connectivity index (χ0v) is 9.55. The maximum atomic E-state index is 9.54. The summed E-state index contributed by atoms with van der Waals surface area (Å²) in [5.41, 5.74) is 2.75. The Kier molecular flexibility index (Phi) is 2.69. The SMILES string of the molecule is Cc1c(C)c(Br)c(C)c(Cl)c1O. The Morgan fingerprint density at radius 3 is 2.08 bits per heavy atom. The van der Waals surface area contributed by atoms with Gasteiger partial charge >= 0.3 is 0 Å². The molecule has 0 heterocycles. The molecule has 0 fully saturated rings. The molecule has 0 radical (unpaired) electrons. The first kappa shape index (κ1) is 9.87. The van der Waals surface area contributed by atoms with Gasteiger partial charge in [0.05, 0.1) is 5.02 Å². The smallest absolute Gasteiger partial charge is 0.137 e. The summed E-state index contributed by atoms with van der Waals surface area (Å²) in [7, 11) is 0. The van der Waals surface area contributed by atoms with Gasteiger partial charge in [-0.3, -0.25) is 0 Å². The summed E-state index contributed by atoms with van der Waals surface area (Å²) in [6.45, 7) is 5.67. The average Bonchev–Trinajstić information content (AvgIpc) is 2.08. The van der Waals surface area contributed by atoms with Crippen molar-refractivity contribution < 1.29 is 5.11 Å². The van der Waals surface area contributed by atoms with Gasteiger partial charge in [0.1, 0.15) is 5.75 Å². The number of halogens is 2. The maximum Gasteiger partial charge on any atom is 0.137 e. The largest absolute Gasteiger partial charge is 0.506 e. The number of rotatable bonds is 0. The first-order chi connectivity index (χ1) is 5.46. The molecule has 0 saturated heterocycles. The minimum absolute atomic E-state index is 0.190. The van der Waals surface area contributed by atoms with Crippen molar-refractivity contribution in [2.45, 2.75) is 20.8 Å². The molecule has 0 aliphatic rings. The van der Waals surface area contributed by atoms with Crippen LogP contribution in [-0.4, -0.2) is 5.11 Å². The highest BCUT2D eigenvalue weighted by Gasteiger charge is 2.12. The van der Waals surface area contributed by atoms with Crippen LogP contribution in [0.3, 0.4) is 0 Å². The maximum absolute atomic E-state index is 9.54. The lowest BCUT2D eigenvalue weighted by molar-refractivity contribution is 0.470. The molecule has 0 spiro atoms. The number of phenols is 1. The molecule has 1 rings (SSSR count). The molecule has 0 aromatic heterocycles. The summed E-state index contributed by atoms with van der Waals surface area (Å²) in [4.78, 5) is 0. The highest BCUT2D eigenvalue weighted by Crippen LogP contribution is 2.38. The van der Waals surface area contributed by atoms with Crippen molar-refractivity contribution in [1.82, 2.24) is 0 Å². The van der Waals surface area contributed by atoms with Gasteiger partial charge in [-0.2, -0.15) is 0 Å². The second kappa shape index (κ2) is 3.27. The lowest BCUT2D eigenvalue weighted by Gasteiger charge is -2.11. The van der Waals surface area contributed by atoms with Gasteiger partial charge in [-0.25, -0.2) is 0 Å². The quantitative estimate of drug-likeness (QED) is 0.743. The Bertz CT molecular complexity index is 229. The third-order valence-electron chi connectivity index (χ3n) is 2.11. The zero-order chi connectivity index (χ0) is 9.46. The highest BCUT2D eigenvalue weighted by molar-refractivity contribution is 9.10. The standard InChI is InChI=1S/C9H10BrClO/c1-4-5(2)9(12)8(11)6(3)7(4)10/h12H,1-3H3. The third-order valence-corrected chi connectivity index (χ3v) is 3.77. The molecule has 0 amide bonds. The average molecular weight is 250 g/mol. The molecular weight excluding hydrogens is 239 g/mol. The van der Waals surface area contributed by atoms with Crippen molar-refractivity contribution in [3.05, 3.63) is 26.2 Å². The molecule has 0 bridgehead atoms. The van der Waals surface area contributed by atoms with E-state index in [9.17, 15) is 5.11 Å². The van der Waals surface area contributed by atoms with Crippen molar-refractivity contribution in [3.63, 3.8) is 0 Å². The molecule has 0 saturated carbocycles. The van der Waals surface area contributed by atoms with E-state index >= 15 is 0 Å². The summed E-state index contributed by atoms with van der Waals surface area (Å²) in [5.74, 6) is 0.190. The zero-order valence-electron chi connectivity index (χ0n) is 7.20. The highest BCUT2D eigenvalue weighted by atomic mass is 79.9. The summed E-state index contributed by atoms with van der Waals surface area (Å²) < 4.78 is 0.975. The van der Waals surface area contributed by atoms with E-state index in [0.29, 0.717) is 5.02 Å². The fourth-order valence-corrected chi connectivity index (χ4v) is 1.91. The second-order valence-electron chi connectivity index (χ2n) is 2.85. The Morgan fingerprint density at radius 1 is 1.08 bits per heavy atom. The van der Waals surface area contributed by atoms with E-state index < -0.39 is 0 Å². The Balaban J connectivity index is 3.60.